The van der Waals surface area contributed by atoms with Crippen molar-refractivity contribution in [3.8, 4) is 11.5 Å². The lowest BCUT2D eigenvalue weighted by Crippen LogP contribution is -2.22. The van der Waals surface area contributed by atoms with Crippen molar-refractivity contribution in [2.75, 3.05) is 12.3 Å². The van der Waals surface area contributed by atoms with E-state index >= 15 is 0 Å². The van der Waals surface area contributed by atoms with E-state index in [0.717, 1.165) is 6.07 Å². The van der Waals surface area contributed by atoms with E-state index in [2.05, 4.69) is 9.97 Å². The number of rotatable bonds is 10. The highest BCUT2D eigenvalue weighted by molar-refractivity contribution is 8.17. The van der Waals surface area contributed by atoms with Gasteiger partial charge in [0.2, 0.25) is 11.5 Å². The quantitative estimate of drug-likeness (QED) is 0.348. The first-order chi connectivity index (χ1) is 17.2. The van der Waals surface area contributed by atoms with E-state index in [1.807, 2.05) is 0 Å². The lowest BCUT2D eigenvalue weighted by Gasteiger charge is -2.22. The number of carbonyl (C=O) groups is 2. The van der Waals surface area contributed by atoms with Gasteiger partial charge in [0, 0.05) is 35.4 Å². The van der Waals surface area contributed by atoms with Crippen LogP contribution >= 0.6 is 23.4 Å². The number of allylic oxidation sites excluding steroid dienone is 1. The maximum Gasteiger partial charge on any atom is 0.230 e. The first kappa shape index (κ1) is 27.1. The Morgan fingerprint density at radius 3 is 2.64 bits per heavy atom. The van der Waals surface area contributed by atoms with E-state index in [1.165, 1.54) is 23.2 Å². The average molecular weight is 531 g/mol. The van der Waals surface area contributed by atoms with E-state index in [4.69, 9.17) is 22.1 Å². The van der Waals surface area contributed by atoms with Crippen molar-refractivity contribution in [2.45, 2.75) is 26.8 Å². The van der Waals surface area contributed by atoms with Gasteiger partial charge >= 0.3 is 0 Å². The normalized spacial score (nSPS) is 11.6. The molecule has 1 aromatic heterocycles. The SMILES string of the molecule is CC(=C(CCO)SC(=O)c1c(F)cccc1Oc1ccccc1Cl)N(C=O)Cc1cnc(C)nc1N. The van der Waals surface area contributed by atoms with Gasteiger partial charge < -0.3 is 20.5 Å². The minimum atomic E-state index is -0.783. The minimum Gasteiger partial charge on any atom is -0.455 e. The summed E-state index contributed by atoms with van der Waals surface area (Å²) in [5.74, 6) is 0.176. The Balaban J connectivity index is 1.92. The summed E-state index contributed by atoms with van der Waals surface area (Å²) in [6.45, 7) is 3.06. The molecule has 0 aliphatic heterocycles. The highest BCUT2D eigenvalue weighted by Crippen LogP contribution is 2.36. The number of aliphatic hydroxyl groups excluding tert-OH is 1. The lowest BCUT2D eigenvalue weighted by molar-refractivity contribution is -0.116. The van der Waals surface area contributed by atoms with Gasteiger partial charge in [0.15, 0.2) is 0 Å². The standard InChI is InChI=1S/C25H24ClFN4O4S/c1-15(31(14-33)13-17-12-29-16(2)30-24(17)28)22(10-11-32)36-25(34)23-19(27)7-5-9-21(23)35-20-8-4-3-6-18(20)26/h3-9,12,14,32H,10-11,13H2,1-2H3,(H2,28,29,30). The Morgan fingerprint density at radius 1 is 1.25 bits per heavy atom. The van der Waals surface area contributed by atoms with Crippen LogP contribution < -0.4 is 10.5 Å². The molecule has 0 radical (unpaired) electrons. The number of aliphatic hydroxyl groups is 1. The van der Waals surface area contributed by atoms with Crippen LogP contribution in [0.2, 0.25) is 5.02 Å². The molecule has 3 aromatic rings. The summed E-state index contributed by atoms with van der Waals surface area (Å²) in [7, 11) is 0. The summed E-state index contributed by atoms with van der Waals surface area (Å²) in [5, 5.41) is 9.24. The number of aromatic nitrogens is 2. The van der Waals surface area contributed by atoms with Crippen molar-refractivity contribution in [3.05, 3.63) is 87.1 Å². The summed E-state index contributed by atoms with van der Waals surface area (Å²) < 4.78 is 20.6. The number of para-hydroxylation sites is 1. The smallest absolute Gasteiger partial charge is 0.230 e. The van der Waals surface area contributed by atoms with Crippen molar-refractivity contribution in [1.82, 2.24) is 14.9 Å². The lowest BCUT2D eigenvalue weighted by atomic mass is 10.2. The highest BCUT2D eigenvalue weighted by atomic mass is 35.5. The van der Waals surface area contributed by atoms with Gasteiger partial charge in [-0.15, -0.1) is 0 Å². The molecule has 188 valence electrons. The van der Waals surface area contributed by atoms with Crippen LogP contribution in [-0.4, -0.2) is 38.1 Å². The van der Waals surface area contributed by atoms with Crippen molar-refractivity contribution in [2.24, 2.45) is 0 Å². The molecular formula is C25H24ClFN4O4S. The van der Waals surface area contributed by atoms with Crippen LogP contribution in [0.15, 0.2) is 59.3 Å². The fourth-order valence-electron chi connectivity index (χ4n) is 3.22. The molecule has 0 unspecified atom stereocenters. The fraction of sp³-hybridized carbons (Fsp3) is 0.200. The Kier molecular flexibility index (Phi) is 9.40. The number of benzene rings is 2. The monoisotopic (exact) mass is 530 g/mol. The summed E-state index contributed by atoms with van der Waals surface area (Å²) in [6, 6.07) is 10.6. The predicted molar refractivity (Wildman–Crippen MR) is 137 cm³/mol. The van der Waals surface area contributed by atoms with Gasteiger partial charge in [-0.25, -0.2) is 14.4 Å². The first-order valence-corrected chi connectivity index (χ1v) is 12.0. The largest absolute Gasteiger partial charge is 0.455 e. The Morgan fingerprint density at radius 2 is 1.97 bits per heavy atom. The summed E-state index contributed by atoms with van der Waals surface area (Å²) in [4.78, 5) is 35.0. The van der Waals surface area contributed by atoms with E-state index in [9.17, 15) is 19.1 Å². The van der Waals surface area contributed by atoms with E-state index in [0.29, 0.717) is 45.2 Å². The third-order valence-electron chi connectivity index (χ3n) is 5.11. The van der Waals surface area contributed by atoms with Crippen molar-refractivity contribution in [3.63, 3.8) is 0 Å². The molecule has 0 saturated heterocycles. The summed E-state index contributed by atoms with van der Waals surface area (Å²) >= 11 is 6.85. The van der Waals surface area contributed by atoms with Crippen LogP contribution in [0.4, 0.5) is 10.2 Å². The number of nitrogens with two attached hydrogens (primary N) is 1. The van der Waals surface area contributed by atoms with Crippen LogP contribution in [0, 0.1) is 12.7 Å². The van der Waals surface area contributed by atoms with Crippen molar-refractivity contribution in [1.29, 1.82) is 0 Å². The number of hydrogen-bond donors (Lipinski definition) is 2. The van der Waals surface area contributed by atoms with Crippen molar-refractivity contribution >= 4 is 40.7 Å². The van der Waals surface area contributed by atoms with Crippen LogP contribution in [0.3, 0.4) is 0 Å². The number of halogens is 2. The molecule has 0 spiro atoms. The number of carbonyl (C=O) groups excluding carboxylic acids is 2. The molecule has 2 aromatic carbocycles. The van der Waals surface area contributed by atoms with Gasteiger partial charge in [-0.3, -0.25) is 9.59 Å². The molecule has 8 nitrogen and oxygen atoms in total. The number of aryl methyl sites for hydroxylation is 1. The Labute approximate surface area is 217 Å². The zero-order valence-electron chi connectivity index (χ0n) is 19.6. The van der Waals surface area contributed by atoms with E-state index in [-0.39, 0.29) is 42.5 Å². The topological polar surface area (TPSA) is 119 Å². The van der Waals surface area contributed by atoms with Gasteiger partial charge in [0.05, 0.1) is 11.6 Å². The van der Waals surface area contributed by atoms with E-state index in [1.54, 1.807) is 38.1 Å². The third kappa shape index (κ3) is 6.60. The molecule has 0 aliphatic rings. The Hall–Kier alpha value is -3.47. The molecule has 0 bridgehead atoms. The van der Waals surface area contributed by atoms with E-state index < -0.39 is 10.9 Å². The molecule has 1 heterocycles. The average Bonchev–Trinajstić information content (AvgIpc) is 2.84. The zero-order chi connectivity index (χ0) is 26.2. The molecule has 0 saturated carbocycles. The maximum atomic E-state index is 14.8. The maximum absolute atomic E-state index is 14.8. The summed E-state index contributed by atoms with van der Waals surface area (Å²) in [6.07, 6.45) is 2.15. The number of nitrogen functional groups attached to an aromatic ring is 1. The van der Waals surface area contributed by atoms with Gasteiger partial charge in [-0.2, -0.15) is 0 Å². The van der Waals surface area contributed by atoms with Gasteiger partial charge in [0.1, 0.15) is 34.5 Å². The highest BCUT2D eigenvalue weighted by Gasteiger charge is 2.23. The number of anilines is 1. The first-order valence-electron chi connectivity index (χ1n) is 10.8. The second-order valence-electron chi connectivity index (χ2n) is 7.58. The number of hydrogen-bond acceptors (Lipinski definition) is 8. The fourth-order valence-corrected chi connectivity index (χ4v) is 4.37. The van der Waals surface area contributed by atoms with Crippen LogP contribution in [0.1, 0.15) is 35.1 Å². The minimum absolute atomic E-state index is 0.0153. The molecular weight excluding hydrogens is 507 g/mol. The second kappa shape index (κ2) is 12.5. The molecule has 0 aliphatic carbocycles. The predicted octanol–water partition coefficient (Wildman–Crippen LogP) is 5.10. The van der Waals surface area contributed by atoms with Crippen molar-refractivity contribution < 1.29 is 23.8 Å². The second-order valence-corrected chi connectivity index (χ2v) is 9.05. The molecule has 0 fully saturated rings. The van der Waals surface area contributed by atoms with Crippen LogP contribution in [0.5, 0.6) is 11.5 Å². The molecule has 3 N–H and O–H groups in total. The number of amides is 1. The zero-order valence-corrected chi connectivity index (χ0v) is 21.1. The summed E-state index contributed by atoms with van der Waals surface area (Å²) in [5.41, 5.74) is 6.56. The molecule has 1 amide bonds. The van der Waals surface area contributed by atoms with Gasteiger partial charge in [-0.1, -0.05) is 29.8 Å². The molecule has 3 rings (SSSR count). The number of nitrogens with zero attached hydrogens (tertiary/aromatic N) is 3. The van der Waals surface area contributed by atoms with Crippen LogP contribution in [0.25, 0.3) is 0 Å². The Bertz CT molecular complexity index is 1300. The third-order valence-corrected chi connectivity index (χ3v) is 6.56. The number of thioether (sulfide) groups is 1. The molecule has 0 atom stereocenters. The molecule has 11 heteroatoms. The number of ether oxygens (including phenoxy) is 1. The molecule has 36 heavy (non-hydrogen) atoms. The van der Waals surface area contributed by atoms with Crippen LogP contribution in [-0.2, 0) is 11.3 Å². The van der Waals surface area contributed by atoms with Gasteiger partial charge in [-0.05, 0) is 49.9 Å². The van der Waals surface area contributed by atoms with Gasteiger partial charge in [0.25, 0.3) is 0 Å².